The molecule has 3 nitrogen and oxygen atoms in total. The maximum Gasteiger partial charge on any atom is 0.389 e. The van der Waals surface area contributed by atoms with Crippen molar-refractivity contribution in [1.29, 1.82) is 0 Å². The Labute approximate surface area is 88.5 Å². The van der Waals surface area contributed by atoms with Crippen molar-refractivity contribution in [2.24, 2.45) is 0 Å². The van der Waals surface area contributed by atoms with Crippen LogP contribution in [0.15, 0.2) is 4.79 Å². The fourth-order valence-corrected chi connectivity index (χ4v) is 1.20. The number of nitrogens with zero attached hydrogens (tertiary/aromatic N) is 1. The minimum atomic E-state index is -4.23. The number of halogens is 4. The SMILES string of the molecule is Cc1nc(CCCC(F)(F)F)[nH]c(=O)c1F. The van der Waals surface area contributed by atoms with Gasteiger partial charge in [0.2, 0.25) is 5.82 Å². The first-order valence-electron chi connectivity index (χ1n) is 4.61. The van der Waals surface area contributed by atoms with Crippen LogP contribution in [0.5, 0.6) is 0 Å². The second kappa shape index (κ2) is 4.63. The molecule has 0 radical (unpaired) electrons. The summed E-state index contributed by atoms with van der Waals surface area (Å²) in [5.41, 5.74) is -1.06. The van der Waals surface area contributed by atoms with Crippen molar-refractivity contribution in [3.05, 3.63) is 27.7 Å². The number of hydrogen-bond acceptors (Lipinski definition) is 2. The predicted molar refractivity (Wildman–Crippen MR) is 48.5 cm³/mol. The molecular formula is C9H10F4N2O. The summed E-state index contributed by atoms with van der Waals surface area (Å²) in [6.07, 6.45) is -5.39. The Balaban J connectivity index is 2.66. The third-order valence-electron chi connectivity index (χ3n) is 1.95. The summed E-state index contributed by atoms with van der Waals surface area (Å²) in [4.78, 5) is 16.7. The standard InChI is InChI=1S/C9H10F4N2O/c1-5-7(10)8(16)15-6(14-5)3-2-4-9(11,12)13/h2-4H2,1H3,(H,14,15,16). The highest BCUT2D eigenvalue weighted by molar-refractivity contribution is 5.03. The van der Waals surface area contributed by atoms with E-state index in [4.69, 9.17) is 0 Å². The first-order valence-corrected chi connectivity index (χ1v) is 4.61. The van der Waals surface area contributed by atoms with Gasteiger partial charge in [-0.15, -0.1) is 0 Å². The number of H-pyrrole nitrogens is 1. The van der Waals surface area contributed by atoms with Gasteiger partial charge < -0.3 is 4.98 Å². The second-order valence-corrected chi connectivity index (χ2v) is 3.38. The lowest BCUT2D eigenvalue weighted by atomic mass is 10.2. The summed E-state index contributed by atoms with van der Waals surface area (Å²) in [6.45, 7) is 1.29. The first-order chi connectivity index (χ1) is 7.29. The zero-order chi connectivity index (χ0) is 12.3. The summed E-state index contributed by atoms with van der Waals surface area (Å²) in [5, 5.41) is 0. The van der Waals surface area contributed by atoms with Gasteiger partial charge in [0.05, 0.1) is 5.69 Å². The monoisotopic (exact) mass is 238 g/mol. The zero-order valence-electron chi connectivity index (χ0n) is 8.49. The van der Waals surface area contributed by atoms with Crippen LogP contribution in [-0.4, -0.2) is 16.1 Å². The van der Waals surface area contributed by atoms with E-state index >= 15 is 0 Å². The summed E-state index contributed by atoms with van der Waals surface area (Å²) >= 11 is 0. The number of alkyl halides is 3. The molecule has 0 saturated heterocycles. The molecule has 0 spiro atoms. The third-order valence-corrected chi connectivity index (χ3v) is 1.95. The van der Waals surface area contributed by atoms with E-state index in [0.717, 1.165) is 0 Å². The molecule has 1 aromatic rings. The van der Waals surface area contributed by atoms with Crippen molar-refractivity contribution in [2.45, 2.75) is 32.4 Å². The van der Waals surface area contributed by atoms with Crippen LogP contribution in [0.1, 0.15) is 24.4 Å². The minimum Gasteiger partial charge on any atom is -0.308 e. The Bertz CT molecular complexity index is 424. The smallest absolute Gasteiger partial charge is 0.308 e. The minimum absolute atomic E-state index is 0.0319. The van der Waals surface area contributed by atoms with E-state index in [1.807, 2.05) is 0 Å². The lowest BCUT2D eigenvalue weighted by Gasteiger charge is -2.05. The molecule has 0 bridgehead atoms. The van der Waals surface area contributed by atoms with E-state index in [1.54, 1.807) is 0 Å². The Morgan fingerprint density at radius 3 is 2.50 bits per heavy atom. The Morgan fingerprint density at radius 2 is 2.00 bits per heavy atom. The highest BCUT2D eigenvalue weighted by atomic mass is 19.4. The number of aromatic amines is 1. The molecule has 0 aromatic carbocycles. The molecule has 0 aliphatic rings. The van der Waals surface area contributed by atoms with Crippen LogP contribution >= 0.6 is 0 Å². The van der Waals surface area contributed by atoms with Gasteiger partial charge in [-0.2, -0.15) is 17.6 Å². The van der Waals surface area contributed by atoms with E-state index < -0.39 is 24.0 Å². The van der Waals surface area contributed by atoms with E-state index in [9.17, 15) is 22.4 Å². The van der Waals surface area contributed by atoms with Crippen molar-refractivity contribution in [3.63, 3.8) is 0 Å². The zero-order valence-corrected chi connectivity index (χ0v) is 8.49. The molecular weight excluding hydrogens is 228 g/mol. The summed E-state index contributed by atoms with van der Waals surface area (Å²) in [6, 6.07) is 0. The van der Waals surface area contributed by atoms with E-state index in [1.165, 1.54) is 6.92 Å². The van der Waals surface area contributed by atoms with Crippen LogP contribution in [0.2, 0.25) is 0 Å². The van der Waals surface area contributed by atoms with Gasteiger partial charge in [-0.1, -0.05) is 0 Å². The number of aromatic nitrogens is 2. The Morgan fingerprint density at radius 1 is 1.38 bits per heavy atom. The molecule has 1 heterocycles. The topological polar surface area (TPSA) is 45.8 Å². The van der Waals surface area contributed by atoms with Crippen LogP contribution in [0.4, 0.5) is 17.6 Å². The normalized spacial score (nSPS) is 11.8. The van der Waals surface area contributed by atoms with Gasteiger partial charge in [-0.05, 0) is 13.3 Å². The van der Waals surface area contributed by atoms with Crippen molar-refractivity contribution >= 4 is 0 Å². The van der Waals surface area contributed by atoms with Crippen LogP contribution in [0.25, 0.3) is 0 Å². The number of nitrogens with one attached hydrogen (secondary N) is 1. The molecule has 1 rings (SSSR count). The van der Waals surface area contributed by atoms with Gasteiger partial charge in [0, 0.05) is 12.8 Å². The van der Waals surface area contributed by atoms with Gasteiger partial charge in [-0.3, -0.25) is 4.79 Å². The summed E-state index contributed by atoms with van der Waals surface area (Å²) in [7, 11) is 0. The largest absolute Gasteiger partial charge is 0.389 e. The van der Waals surface area contributed by atoms with Crippen molar-refractivity contribution in [3.8, 4) is 0 Å². The highest BCUT2D eigenvalue weighted by Gasteiger charge is 2.26. The Kier molecular flexibility index (Phi) is 3.66. The predicted octanol–water partition coefficient (Wildman–Crippen LogP) is 2.10. The number of aryl methyl sites for hydroxylation is 2. The van der Waals surface area contributed by atoms with Crippen molar-refractivity contribution in [2.75, 3.05) is 0 Å². The molecule has 7 heteroatoms. The molecule has 0 unspecified atom stereocenters. The lowest BCUT2D eigenvalue weighted by Crippen LogP contribution is -2.18. The molecule has 16 heavy (non-hydrogen) atoms. The van der Waals surface area contributed by atoms with Gasteiger partial charge in [0.25, 0.3) is 5.56 Å². The number of hydrogen-bond donors (Lipinski definition) is 1. The molecule has 0 fully saturated rings. The summed E-state index contributed by atoms with van der Waals surface area (Å²) in [5.74, 6) is -0.923. The summed E-state index contributed by atoms with van der Waals surface area (Å²) < 4.78 is 48.3. The molecule has 0 saturated carbocycles. The quantitative estimate of drug-likeness (QED) is 0.819. The average molecular weight is 238 g/mol. The molecule has 0 aliphatic heterocycles. The van der Waals surface area contributed by atoms with Gasteiger partial charge in [-0.25, -0.2) is 4.98 Å². The van der Waals surface area contributed by atoms with Gasteiger partial charge >= 0.3 is 6.18 Å². The maximum absolute atomic E-state index is 12.8. The van der Waals surface area contributed by atoms with Crippen molar-refractivity contribution < 1.29 is 17.6 Å². The van der Waals surface area contributed by atoms with Crippen LogP contribution < -0.4 is 5.56 Å². The van der Waals surface area contributed by atoms with Crippen LogP contribution in [-0.2, 0) is 6.42 Å². The Hall–Kier alpha value is -1.40. The van der Waals surface area contributed by atoms with Gasteiger partial charge in [0.15, 0.2) is 0 Å². The average Bonchev–Trinajstić information content (AvgIpc) is 2.12. The van der Waals surface area contributed by atoms with Crippen LogP contribution in [0.3, 0.4) is 0 Å². The molecule has 0 amide bonds. The fraction of sp³-hybridized carbons (Fsp3) is 0.556. The van der Waals surface area contributed by atoms with Crippen molar-refractivity contribution in [1.82, 2.24) is 9.97 Å². The number of rotatable bonds is 3. The first kappa shape index (κ1) is 12.7. The van der Waals surface area contributed by atoms with E-state index in [0.29, 0.717) is 0 Å². The van der Waals surface area contributed by atoms with Crippen LogP contribution in [0, 0.1) is 12.7 Å². The molecule has 1 aromatic heterocycles. The van der Waals surface area contributed by atoms with E-state index in [2.05, 4.69) is 9.97 Å². The molecule has 90 valence electrons. The fourth-order valence-electron chi connectivity index (χ4n) is 1.20. The second-order valence-electron chi connectivity index (χ2n) is 3.38. The van der Waals surface area contributed by atoms with E-state index in [-0.39, 0.29) is 24.4 Å². The lowest BCUT2D eigenvalue weighted by molar-refractivity contribution is -0.135. The molecule has 0 atom stereocenters. The molecule has 0 aliphatic carbocycles. The molecule has 1 N–H and O–H groups in total. The highest BCUT2D eigenvalue weighted by Crippen LogP contribution is 2.21. The van der Waals surface area contributed by atoms with Gasteiger partial charge in [0.1, 0.15) is 5.82 Å². The third kappa shape index (κ3) is 3.63. The maximum atomic E-state index is 12.8.